The molecule has 0 bridgehead atoms. The van der Waals surface area contributed by atoms with Crippen molar-refractivity contribution in [3.8, 4) is 0 Å². The van der Waals surface area contributed by atoms with Gasteiger partial charge in [0.15, 0.2) is 6.23 Å². The van der Waals surface area contributed by atoms with Crippen LogP contribution in [-0.2, 0) is 0 Å². The molecule has 0 amide bonds. The predicted molar refractivity (Wildman–Crippen MR) is 39.9 cm³/mol. The lowest BCUT2D eigenvalue weighted by atomic mass is 10.1. The van der Waals surface area contributed by atoms with E-state index < -0.39 is 6.23 Å². The van der Waals surface area contributed by atoms with Crippen molar-refractivity contribution in [3.63, 3.8) is 0 Å². The first-order valence-electron chi connectivity index (χ1n) is 3.18. The molecule has 0 aromatic heterocycles. The van der Waals surface area contributed by atoms with Crippen molar-refractivity contribution in [2.24, 2.45) is 21.6 Å². The molecule has 1 rings (SSSR count). The van der Waals surface area contributed by atoms with E-state index >= 15 is 0 Å². The second kappa shape index (κ2) is 2.38. The van der Waals surface area contributed by atoms with Crippen molar-refractivity contribution in [1.29, 1.82) is 0 Å². The Labute approximate surface area is 59.5 Å². The first kappa shape index (κ1) is 7.21. The van der Waals surface area contributed by atoms with Gasteiger partial charge in [-0.15, -0.1) is 0 Å². The van der Waals surface area contributed by atoms with Crippen LogP contribution in [0.3, 0.4) is 0 Å². The van der Waals surface area contributed by atoms with E-state index in [0.717, 1.165) is 5.71 Å². The number of hydrogen-bond donors (Lipinski definition) is 2. The van der Waals surface area contributed by atoms with Crippen molar-refractivity contribution in [2.75, 3.05) is 0 Å². The standard InChI is InChI=1S/C6H11N3O/c1-3-4(2)8-6(7)9-5(3)10/h3,5,10H,1-2H3,(H2,7,9)/t3-,5-/m1/s1. The molecule has 1 aliphatic heterocycles. The first-order chi connectivity index (χ1) is 4.61. The molecule has 56 valence electrons. The van der Waals surface area contributed by atoms with Gasteiger partial charge in [0.2, 0.25) is 5.96 Å². The largest absolute Gasteiger partial charge is 0.371 e. The monoisotopic (exact) mass is 141 g/mol. The second-order valence-electron chi connectivity index (χ2n) is 2.44. The first-order valence-corrected chi connectivity index (χ1v) is 3.18. The van der Waals surface area contributed by atoms with Crippen LogP contribution in [0.25, 0.3) is 0 Å². The van der Waals surface area contributed by atoms with Crippen molar-refractivity contribution >= 4 is 11.7 Å². The van der Waals surface area contributed by atoms with E-state index in [-0.39, 0.29) is 11.9 Å². The maximum absolute atomic E-state index is 9.17. The molecule has 0 aliphatic carbocycles. The Kier molecular flexibility index (Phi) is 1.72. The fourth-order valence-corrected chi connectivity index (χ4v) is 0.774. The topological polar surface area (TPSA) is 71.0 Å². The quantitative estimate of drug-likeness (QED) is 0.487. The summed E-state index contributed by atoms with van der Waals surface area (Å²) in [6.45, 7) is 3.69. The van der Waals surface area contributed by atoms with E-state index in [9.17, 15) is 5.11 Å². The molecule has 1 aliphatic rings. The lowest BCUT2D eigenvalue weighted by Crippen LogP contribution is -2.30. The van der Waals surface area contributed by atoms with Crippen molar-refractivity contribution in [3.05, 3.63) is 0 Å². The lowest BCUT2D eigenvalue weighted by molar-refractivity contribution is 0.153. The van der Waals surface area contributed by atoms with Crippen LogP contribution in [0.4, 0.5) is 0 Å². The van der Waals surface area contributed by atoms with Gasteiger partial charge in [-0.25, -0.2) is 9.98 Å². The summed E-state index contributed by atoms with van der Waals surface area (Å²) in [7, 11) is 0. The molecule has 2 atom stereocenters. The van der Waals surface area contributed by atoms with Crippen LogP contribution in [0.1, 0.15) is 13.8 Å². The third-order valence-corrected chi connectivity index (χ3v) is 1.66. The zero-order valence-electron chi connectivity index (χ0n) is 6.07. The molecule has 0 aromatic rings. The van der Waals surface area contributed by atoms with E-state index in [4.69, 9.17) is 5.73 Å². The third kappa shape index (κ3) is 1.16. The van der Waals surface area contributed by atoms with Gasteiger partial charge in [0.05, 0.1) is 0 Å². The summed E-state index contributed by atoms with van der Waals surface area (Å²) in [5.74, 6) is 0.162. The zero-order chi connectivity index (χ0) is 7.72. The average Bonchev–Trinajstić information content (AvgIpc) is 1.82. The van der Waals surface area contributed by atoms with Crippen LogP contribution in [-0.4, -0.2) is 23.0 Å². The summed E-state index contributed by atoms with van der Waals surface area (Å²) in [6.07, 6.45) is -0.711. The highest BCUT2D eigenvalue weighted by atomic mass is 16.3. The summed E-state index contributed by atoms with van der Waals surface area (Å²) >= 11 is 0. The van der Waals surface area contributed by atoms with Crippen molar-refractivity contribution in [1.82, 2.24) is 0 Å². The Morgan fingerprint density at radius 2 is 2.20 bits per heavy atom. The van der Waals surface area contributed by atoms with Gasteiger partial charge in [0.25, 0.3) is 0 Å². The normalized spacial score (nSPS) is 33.1. The zero-order valence-corrected chi connectivity index (χ0v) is 6.07. The van der Waals surface area contributed by atoms with Crippen LogP contribution < -0.4 is 5.73 Å². The molecule has 0 unspecified atom stereocenters. The van der Waals surface area contributed by atoms with E-state index in [1.807, 2.05) is 13.8 Å². The summed E-state index contributed by atoms with van der Waals surface area (Å²) in [4.78, 5) is 7.58. The molecule has 4 nitrogen and oxygen atoms in total. The van der Waals surface area contributed by atoms with E-state index in [1.165, 1.54) is 0 Å². The third-order valence-electron chi connectivity index (χ3n) is 1.66. The molecular weight excluding hydrogens is 130 g/mol. The Morgan fingerprint density at radius 3 is 2.70 bits per heavy atom. The van der Waals surface area contributed by atoms with Crippen LogP contribution in [0.2, 0.25) is 0 Å². The molecule has 0 saturated heterocycles. The van der Waals surface area contributed by atoms with Gasteiger partial charge in [-0.1, -0.05) is 6.92 Å². The number of nitrogens with two attached hydrogens (primary N) is 1. The fourth-order valence-electron chi connectivity index (χ4n) is 0.774. The second-order valence-corrected chi connectivity index (χ2v) is 2.44. The number of aliphatic hydroxyl groups excluding tert-OH is 1. The molecule has 0 fully saturated rings. The molecule has 0 radical (unpaired) electrons. The Bertz CT molecular complexity index is 197. The minimum atomic E-state index is -0.711. The fraction of sp³-hybridized carbons (Fsp3) is 0.667. The molecule has 10 heavy (non-hydrogen) atoms. The molecule has 1 heterocycles. The SMILES string of the molecule is CC1=NC(N)=N[C@H](O)[C@@H]1C. The highest BCUT2D eigenvalue weighted by molar-refractivity contribution is 5.98. The van der Waals surface area contributed by atoms with Gasteiger partial charge in [0, 0.05) is 11.6 Å². The van der Waals surface area contributed by atoms with Gasteiger partial charge in [-0.2, -0.15) is 0 Å². The van der Waals surface area contributed by atoms with Gasteiger partial charge < -0.3 is 10.8 Å². The van der Waals surface area contributed by atoms with E-state index in [2.05, 4.69) is 9.98 Å². The summed E-state index contributed by atoms with van der Waals surface area (Å²) in [6, 6.07) is 0. The number of aliphatic hydroxyl groups is 1. The number of aliphatic imine (C=N–C) groups is 2. The summed E-state index contributed by atoms with van der Waals surface area (Å²) in [5.41, 5.74) is 6.11. The summed E-state index contributed by atoms with van der Waals surface area (Å²) < 4.78 is 0. The van der Waals surface area contributed by atoms with Gasteiger partial charge in [-0.05, 0) is 6.92 Å². The Balaban J connectivity index is 2.85. The Morgan fingerprint density at radius 1 is 1.60 bits per heavy atom. The van der Waals surface area contributed by atoms with Crippen LogP contribution >= 0.6 is 0 Å². The van der Waals surface area contributed by atoms with E-state index in [0.29, 0.717) is 0 Å². The maximum atomic E-state index is 9.17. The molecule has 0 saturated carbocycles. The average molecular weight is 141 g/mol. The van der Waals surface area contributed by atoms with Gasteiger partial charge in [0.1, 0.15) is 0 Å². The number of nitrogens with zero attached hydrogens (tertiary/aromatic N) is 2. The molecular formula is C6H11N3O. The van der Waals surface area contributed by atoms with Crippen LogP contribution in [0, 0.1) is 5.92 Å². The lowest BCUT2D eigenvalue weighted by Gasteiger charge is -2.18. The predicted octanol–water partition coefficient (Wildman–Crippen LogP) is -0.270. The highest BCUT2D eigenvalue weighted by Gasteiger charge is 2.20. The van der Waals surface area contributed by atoms with Crippen molar-refractivity contribution < 1.29 is 5.11 Å². The number of guanidine groups is 1. The molecule has 4 heteroatoms. The van der Waals surface area contributed by atoms with Crippen LogP contribution in [0.5, 0.6) is 0 Å². The minimum absolute atomic E-state index is 0.00713. The number of hydrogen-bond acceptors (Lipinski definition) is 4. The molecule has 0 aromatic carbocycles. The van der Waals surface area contributed by atoms with Gasteiger partial charge >= 0.3 is 0 Å². The molecule has 3 N–H and O–H groups in total. The number of rotatable bonds is 0. The summed E-state index contributed by atoms with van der Waals surface area (Å²) in [5, 5.41) is 9.17. The maximum Gasteiger partial charge on any atom is 0.217 e. The Hall–Kier alpha value is -0.900. The van der Waals surface area contributed by atoms with Crippen LogP contribution in [0.15, 0.2) is 9.98 Å². The highest BCUT2D eigenvalue weighted by Crippen LogP contribution is 2.10. The van der Waals surface area contributed by atoms with Crippen molar-refractivity contribution in [2.45, 2.75) is 20.1 Å². The van der Waals surface area contributed by atoms with E-state index in [1.54, 1.807) is 0 Å². The molecule has 0 spiro atoms. The minimum Gasteiger partial charge on any atom is -0.371 e. The van der Waals surface area contributed by atoms with Gasteiger partial charge in [-0.3, -0.25) is 0 Å². The smallest absolute Gasteiger partial charge is 0.217 e.